The van der Waals surface area contributed by atoms with Crippen LogP contribution in [-0.4, -0.2) is 18.1 Å². The van der Waals surface area contributed by atoms with E-state index < -0.39 is 0 Å². The number of ether oxygens (including phenoxy) is 1. The van der Waals surface area contributed by atoms with Crippen molar-refractivity contribution in [1.82, 2.24) is 4.98 Å². The Morgan fingerprint density at radius 1 is 1.43 bits per heavy atom. The number of hydrogen-bond donors (Lipinski definition) is 1. The van der Waals surface area contributed by atoms with Crippen LogP contribution < -0.4 is 5.32 Å². The van der Waals surface area contributed by atoms with Crippen LogP contribution >= 0.6 is 0 Å². The normalized spacial score (nSPS) is 10.1. The molecule has 3 heteroatoms. The molecule has 0 aliphatic carbocycles. The lowest BCUT2D eigenvalue weighted by atomic mass is 10.3. The first-order valence-corrected chi connectivity index (χ1v) is 5.13. The highest BCUT2D eigenvalue weighted by atomic mass is 16.5. The maximum Gasteiger partial charge on any atom is 0.126 e. The molecule has 0 spiro atoms. The number of pyridine rings is 1. The number of nitrogens with one attached hydrogen (secondary N) is 1. The third-order valence-electron chi connectivity index (χ3n) is 1.85. The minimum absolute atomic E-state index is 0.666. The lowest BCUT2D eigenvalue weighted by molar-refractivity contribution is 0.134. The molecule has 0 radical (unpaired) electrons. The average molecular weight is 194 g/mol. The quantitative estimate of drug-likeness (QED) is 0.755. The molecule has 0 atom stereocenters. The van der Waals surface area contributed by atoms with Crippen molar-refractivity contribution in [2.45, 2.75) is 26.9 Å². The maximum absolute atomic E-state index is 5.32. The van der Waals surface area contributed by atoms with Gasteiger partial charge in [-0.1, -0.05) is 6.92 Å². The highest BCUT2D eigenvalue weighted by molar-refractivity contribution is 5.37. The summed E-state index contributed by atoms with van der Waals surface area (Å²) in [5.74, 6) is 0.934. The summed E-state index contributed by atoms with van der Waals surface area (Å²) in [6.07, 6.45) is 2.92. The fraction of sp³-hybridized carbons (Fsp3) is 0.545. The van der Waals surface area contributed by atoms with E-state index in [1.165, 1.54) is 5.56 Å². The molecule has 14 heavy (non-hydrogen) atoms. The topological polar surface area (TPSA) is 34.1 Å². The van der Waals surface area contributed by atoms with Crippen molar-refractivity contribution >= 4 is 5.82 Å². The van der Waals surface area contributed by atoms with E-state index in [0.29, 0.717) is 6.61 Å². The molecule has 78 valence electrons. The average Bonchev–Trinajstić information content (AvgIpc) is 2.24. The number of anilines is 1. The summed E-state index contributed by atoms with van der Waals surface area (Å²) in [5.41, 5.74) is 1.17. The molecular formula is C11H18N2O. The fourth-order valence-corrected chi connectivity index (χ4v) is 1.13. The van der Waals surface area contributed by atoms with E-state index in [4.69, 9.17) is 4.74 Å². The Hall–Kier alpha value is -1.09. The Morgan fingerprint density at radius 2 is 2.29 bits per heavy atom. The van der Waals surface area contributed by atoms with Crippen LogP contribution in [-0.2, 0) is 11.3 Å². The van der Waals surface area contributed by atoms with E-state index in [1.807, 2.05) is 25.3 Å². The van der Waals surface area contributed by atoms with Crippen molar-refractivity contribution in [3.63, 3.8) is 0 Å². The van der Waals surface area contributed by atoms with Crippen LogP contribution in [0.15, 0.2) is 18.3 Å². The molecule has 0 aromatic carbocycles. The van der Waals surface area contributed by atoms with Gasteiger partial charge in [-0.25, -0.2) is 4.98 Å². The van der Waals surface area contributed by atoms with Gasteiger partial charge in [0, 0.05) is 19.3 Å². The van der Waals surface area contributed by atoms with Crippen LogP contribution in [0.4, 0.5) is 5.82 Å². The minimum Gasteiger partial charge on any atom is -0.377 e. The molecule has 0 saturated carbocycles. The van der Waals surface area contributed by atoms with Gasteiger partial charge in [0.25, 0.3) is 0 Å². The second-order valence-corrected chi connectivity index (χ2v) is 3.11. The second-order valence-electron chi connectivity index (χ2n) is 3.11. The van der Waals surface area contributed by atoms with Crippen LogP contribution in [0.2, 0.25) is 0 Å². The molecule has 1 heterocycles. The molecule has 3 nitrogen and oxygen atoms in total. The smallest absolute Gasteiger partial charge is 0.126 e. The van der Waals surface area contributed by atoms with Gasteiger partial charge >= 0.3 is 0 Å². The van der Waals surface area contributed by atoms with Crippen LogP contribution in [0.5, 0.6) is 0 Å². The summed E-state index contributed by atoms with van der Waals surface area (Å²) in [6.45, 7) is 6.51. The van der Waals surface area contributed by atoms with Gasteiger partial charge in [-0.05, 0) is 31.0 Å². The molecule has 0 unspecified atom stereocenters. The number of aromatic nitrogens is 1. The van der Waals surface area contributed by atoms with Crippen molar-refractivity contribution in [3.8, 4) is 0 Å². The third-order valence-corrected chi connectivity index (χ3v) is 1.85. The molecule has 1 N–H and O–H groups in total. The lowest BCUT2D eigenvalue weighted by Crippen LogP contribution is -2.02. The fourth-order valence-electron chi connectivity index (χ4n) is 1.13. The molecule has 1 aromatic rings. The predicted molar refractivity (Wildman–Crippen MR) is 58.3 cm³/mol. The van der Waals surface area contributed by atoms with Crippen molar-refractivity contribution < 1.29 is 4.74 Å². The predicted octanol–water partition coefficient (Wildman–Crippen LogP) is 2.44. The van der Waals surface area contributed by atoms with E-state index in [9.17, 15) is 0 Å². The van der Waals surface area contributed by atoms with Gasteiger partial charge in [0.05, 0.1) is 6.61 Å². The van der Waals surface area contributed by atoms with Crippen molar-refractivity contribution in [2.24, 2.45) is 0 Å². The Bertz CT molecular complexity index is 240. The summed E-state index contributed by atoms with van der Waals surface area (Å²) in [5, 5.41) is 3.24. The van der Waals surface area contributed by atoms with Gasteiger partial charge < -0.3 is 10.1 Å². The first kappa shape index (κ1) is 11.0. The third kappa shape index (κ3) is 3.75. The highest BCUT2D eigenvalue weighted by Gasteiger charge is 1.95. The van der Waals surface area contributed by atoms with Gasteiger partial charge in [-0.3, -0.25) is 0 Å². The SMILES string of the molecule is CCCNc1cc(COCC)ccn1. The summed E-state index contributed by atoms with van der Waals surface area (Å²) in [4.78, 5) is 4.22. The van der Waals surface area contributed by atoms with E-state index in [-0.39, 0.29) is 0 Å². The number of hydrogen-bond acceptors (Lipinski definition) is 3. The molecule has 0 aliphatic heterocycles. The highest BCUT2D eigenvalue weighted by Crippen LogP contribution is 2.07. The van der Waals surface area contributed by atoms with E-state index in [1.54, 1.807) is 0 Å². The zero-order chi connectivity index (χ0) is 10.2. The van der Waals surface area contributed by atoms with E-state index in [0.717, 1.165) is 25.4 Å². The van der Waals surface area contributed by atoms with Crippen LogP contribution in [0.1, 0.15) is 25.8 Å². The molecule has 0 bridgehead atoms. The zero-order valence-corrected chi connectivity index (χ0v) is 8.92. The zero-order valence-electron chi connectivity index (χ0n) is 8.92. The minimum atomic E-state index is 0.666. The summed E-state index contributed by atoms with van der Waals surface area (Å²) < 4.78 is 5.32. The molecule has 1 aromatic heterocycles. The maximum atomic E-state index is 5.32. The van der Waals surface area contributed by atoms with Crippen LogP contribution in [0.25, 0.3) is 0 Å². The second kappa shape index (κ2) is 6.38. The largest absolute Gasteiger partial charge is 0.377 e. The Kier molecular flexibility index (Phi) is 5.00. The summed E-state index contributed by atoms with van der Waals surface area (Å²) in [7, 11) is 0. The Labute approximate surface area is 85.5 Å². The van der Waals surface area contributed by atoms with Gasteiger partial charge in [-0.2, -0.15) is 0 Å². The van der Waals surface area contributed by atoms with Gasteiger partial charge in [0.15, 0.2) is 0 Å². The van der Waals surface area contributed by atoms with Crippen molar-refractivity contribution in [1.29, 1.82) is 0 Å². The molecule has 0 aliphatic rings. The van der Waals surface area contributed by atoms with E-state index >= 15 is 0 Å². The molecule has 0 amide bonds. The monoisotopic (exact) mass is 194 g/mol. The Balaban J connectivity index is 2.50. The summed E-state index contributed by atoms with van der Waals surface area (Å²) in [6, 6.07) is 4.01. The van der Waals surface area contributed by atoms with Gasteiger partial charge in [0.1, 0.15) is 5.82 Å². The van der Waals surface area contributed by atoms with Crippen LogP contribution in [0.3, 0.4) is 0 Å². The van der Waals surface area contributed by atoms with Gasteiger partial charge in [-0.15, -0.1) is 0 Å². The number of nitrogens with zero attached hydrogens (tertiary/aromatic N) is 1. The molecular weight excluding hydrogens is 176 g/mol. The van der Waals surface area contributed by atoms with E-state index in [2.05, 4.69) is 17.2 Å². The molecule has 0 fully saturated rings. The standard InChI is InChI=1S/C11H18N2O/c1-3-6-12-11-8-10(5-7-13-11)9-14-4-2/h5,7-8H,3-4,6,9H2,1-2H3,(H,12,13). The van der Waals surface area contributed by atoms with Crippen molar-refractivity contribution in [2.75, 3.05) is 18.5 Å². The lowest BCUT2D eigenvalue weighted by Gasteiger charge is -2.06. The first-order chi connectivity index (χ1) is 6.86. The molecule has 1 rings (SSSR count). The van der Waals surface area contributed by atoms with Crippen molar-refractivity contribution in [3.05, 3.63) is 23.9 Å². The molecule has 0 saturated heterocycles. The van der Waals surface area contributed by atoms with Crippen LogP contribution in [0, 0.1) is 0 Å². The first-order valence-electron chi connectivity index (χ1n) is 5.13. The van der Waals surface area contributed by atoms with Gasteiger partial charge in [0.2, 0.25) is 0 Å². The Morgan fingerprint density at radius 3 is 3.00 bits per heavy atom. The summed E-state index contributed by atoms with van der Waals surface area (Å²) >= 11 is 0. The number of rotatable bonds is 6.